The molecule has 0 fully saturated rings. The van der Waals surface area contributed by atoms with Gasteiger partial charge >= 0.3 is 0 Å². The first kappa shape index (κ1) is 27.6. The van der Waals surface area contributed by atoms with Crippen molar-refractivity contribution in [3.63, 3.8) is 0 Å². The Balaban J connectivity index is 1.13. The van der Waals surface area contributed by atoms with Gasteiger partial charge in [0, 0.05) is 59.2 Å². The van der Waals surface area contributed by atoms with Gasteiger partial charge in [-0.15, -0.1) is 11.3 Å². The average molecular weight is 658 g/mol. The third-order valence-electron chi connectivity index (χ3n) is 10.1. The molecule has 0 amide bonds. The molecule has 0 aliphatic carbocycles. The van der Waals surface area contributed by atoms with Crippen LogP contribution in [-0.4, -0.2) is 0 Å². The summed E-state index contributed by atoms with van der Waals surface area (Å²) < 4.78 is 15.7. The molecule has 0 aliphatic rings. The fraction of sp³-hybridized carbons (Fsp3) is 0. The van der Waals surface area contributed by atoms with Gasteiger partial charge in [-0.3, -0.25) is 0 Å². The Hall–Kier alpha value is -6.36. The van der Waals surface area contributed by atoms with E-state index >= 15 is 0 Å². The molecule has 0 spiro atoms. The van der Waals surface area contributed by atoms with Gasteiger partial charge in [-0.05, 0) is 71.1 Å². The molecule has 8 aromatic carbocycles. The molecule has 234 valence electrons. The summed E-state index contributed by atoms with van der Waals surface area (Å²) in [5, 5.41) is 9.29. The molecule has 0 saturated carbocycles. The zero-order valence-electron chi connectivity index (χ0n) is 26.8. The number of hydrogen-bond acceptors (Lipinski definition) is 4. The first-order chi connectivity index (χ1) is 24.8. The van der Waals surface area contributed by atoms with E-state index in [4.69, 9.17) is 8.83 Å². The lowest BCUT2D eigenvalue weighted by Gasteiger charge is -2.26. The molecule has 0 bridgehead atoms. The minimum atomic E-state index is 0.858. The number of thiophene rings is 1. The minimum Gasteiger partial charge on any atom is -0.456 e. The van der Waals surface area contributed by atoms with Gasteiger partial charge in [0.1, 0.15) is 22.3 Å². The van der Waals surface area contributed by atoms with Crippen molar-refractivity contribution < 1.29 is 8.83 Å². The van der Waals surface area contributed by atoms with Gasteiger partial charge in [-0.1, -0.05) is 103 Å². The number of fused-ring (bicyclic) bond motifs is 11. The van der Waals surface area contributed by atoms with Gasteiger partial charge in [-0.2, -0.15) is 0 Å². The van der Waals surface area contributed by atoms with Crippen molar-refractivity contribution in [2.75, 3.05) is 4.90 Å². The quantitative estimate of drug-likeness (QED) is 0.189. The van der Waals surface area contributed by atoms with Crippen LogP contribution in [0.15, 0.2) is 173 Å². The number of furan rings is 2. The lowest BCUT2D eigenvalue weighted by Crippen LogP contribution is -2.10. The van der Waals surface area contributed by atoms with Gasteiger partial charge < -0.3 is 13.7 Å². The van der Waals surface area contributed by atoms with Crippen LogP contribution in [0.25, 0.3) is 85.9 Å². The zero-order valence-corrected chi connectivity index (χ0v) is 27.6. The van der Waals surface area contributed by atoms with Crippen molar-refractivity contribution in [1.29, 1.82) is 0 Å². The summed E-state index contributed by atoms with van der Waals surface area (Å²) in [6.07, 6.45) is 0. The van der Waals surface area contributed by atoms with Crippen LogP contribution in [0.5, 0.6) is 0 Å². The van der Waals surface area contributed by atoms with E-state index in [1.165, 1.54) is 31.3 Å². The van der Waals surface area contributed by atoms with Gasteiger partial charge in [0.15, 0.2) is 0 Å². The Labute approximate surface area is 290 Å². The fourth-order valence-electron chi connectivity index (χ4n) is 7.77. The van der Waals surface area contributed by atoms with E-state index in [1.54, 1.807) is 0 Å². The monoisotopic (exact) mass is 657 g/mol. The highest BCUT2D eigenvalue weighted by Gasteiger charge is 2.22. The molecule has 0 atom stereocenters. The Morgan fingerprint density at radius 1 is 0.440 bits per heavy atom. The third kappa shape index (κ3) is 4.03. The van der Waals surface area contributed by atoms with E-state index in [0.717, 1.165) is 71.7 Å². The van der Waals surface area contributed by atoms with Crippen molar-refractivity contribution in [2.24, 2.45) is 0 Å². The molecule has 11 rings (SSSR count). The maximum Gasteiger partial charge on any atom is 0.143 e. The highest BCUT2D eigenvalue weighted by atomic mass is 32.1. The van der Waals surface area contributed by atoms with Crippen LogP contribution < -0.4 is 4.90 Å². The summed E-state index contributed by atoms with van der Waals surface area (Å²) in [7, 11) is 0. The van der Waals surface area contributed by atoms with Crippen molar-refractivity contribution >= 4 is 103 Å². The van der Waals surface area contributed by atoms with Crippen LogP contribution in [0.2, 0.25) is 0 Å². The number of anilines is 3. The fourth-order valence-corrected chi connectivity index (χ4v) is 9.01. The molecule has 0 unspecified atom stereocenters. The molecule has 0 saturated heterocycles. The molecule has 3 aromatic heterocycles. The van der Waals surface area contributed by atoms with Crippen molar-refractivity contribution in [1.82, 2.24) is 0 Å². The van der Waals surface area contributed by atoms with Crippen molar-refractivity contribution in [3.05, 3.63) is 164 Å². The molecular weight excluding hydrogens is 631 g/mol. The molecule has 50 heavy (non-hydrogen) atoms. The van der Waals surface area contributed by atoms with E-state index in [2.05, 4.69) is 157 Å². The van der Waals surface area contributed by atoms with E-state index in [0.29, 0.717) is 0 Å². The summed E-state index contributed by atoms with van der Waals surface area (Å²) >= 11 is 1.86. The number of para-hydroxylation sites is 1. The highest BCUT2D eigenvalue weighted by molar-refractivity contribution is 7.26. The second-order valence-corrected chi connectivity index (χ2v) is 13.9. The lowest BCUT2D eigenvalue weighted by molar-refractivity contribution is 0.669. The van der Waals surface area contributed by atoms with E-state index < -0.39 is 0 Å². The standard InChI is InChI=1S/C46H27NO2S/c1-2-10-32-28(9-1)21-25-38-44-39(15-8-17-41(44)49-45(32)38)47(31-24-26-35-34-11-3-5-16-40(34)48-42(35)27-31)30-22-19-29(20-23-30)33-13-7-14-37-36-12-4-6-18-43(36)50-46(33)37/h1-27H. The Bertz CT molecular complexity index is 3110. The molecule has 0 radical (unpaired) electrons. The zero-order chi connectivity index (χ0) is 32.8. The second-order valence-electron chi connectivity index (χ2n) is 12.9. The molecule has 0 N–H and O–H groups in total. The highest BCUT2D eigenvalue weighted by Crippen LogP contribution is 2.46. The first-order valence-corrected chi connectivity index (χ1v) is 17.7. The Kier molecular flexibility index (Phi) is 5.83. The van der Waals surface area contributed by atoms with Crippen LogP contribution >= 0.6 is 11.3 Å². The number of rotatable bonds is 4. The molecule has 3 nitrogen and oxygen atoms in total. The van der Waals surface area contributed by atoms with Crippen LogP contribution in [-0.2, 0) is 0 Å². The maximum absolute atomic E-state index is 6.64. The summed E-state index contributed by atoms with van der Waals surface area (Å²) in [6.45, 7) is 0. The third-order valence-corrected chi connectivity index (χ3v) is 11.3. The van der Waals surface area contributed by atoms with Crippen molar-refractivity contribution in [3.8, 4) is 11.1 Å². The Morgan fingerprint density at radius 2 is 1.14 bits per heavy atom. The number of hydrogen-bond donors (Lipinski definition) is 0. The minimum absolute atomic E-state index is 0.858. The number of benzene rings is 8. The molecule has 0 aliphatic heterocycles. The van der Waals surface area contributed by atoms with Crippen LogP contribution in [0.3, 0.4) is 0 Å². The predicted octanol–water partition coefficient (Wildman–Crippen LogP) is 14.1. The SMILES string of the molecule is c1ccc2c(c1)ccc1c2oc2cccc(N(c3ccc(-c4cccc5c4sc4ccccc45)cc3)c3ccc4c(c3)oc3ccccc34)c21. The summed E-state index contributed by atoms with van der Waals surface area (Å²) in [4.78, 5) is 2.34. The topological polar surface area (TPSA) is 29.5 Å². The normalized spacial score (nSPS) is 12.0. The average Bonchev–Trinajstić information content (AvgIpc) is 3.87. The van der Waals surface area contributed by atoms with Crippen LogP contribution in [0.4, 0.5) is 17.1 Å². The smallest absolute Gasteiger partial charge is 0.143 e. The van der Waals surface area contributed by atoms with Gasteiger partial charge in [0.05, 0.1) is 11.1 Å². The van der Waals surface area contributed by atoms with Gasteiger partial charge in [0.25, 0.3) is 0 Å². The van der Waals surface area contributed by atoms with Crippen LogP contribution in [0, 0.1) is 0 Å². The lowest BCUT2D eigenvalue weighted by atomic mass is 10.0. The Morgan fingerprint density at radius 3 is 2.06 bits per heavy atom. The summed E-state index contributed by atoms with van der Waals surface area (Å²) in [5.74, 6) is 0. The van der Waals surface area contributed by atoms with Crippen LogP contribution in [0.1, 0.15) is 0 Å². The number of nitrogens with zero attached hydrogens (tertiary/aromatic N) is 1. The summed E-state index contributed by atoms with van der Waals surface area (Å²) in [5.41, 5.74) is 9.07. The largest absolute Gasteiger partial charge is 0.456 e. The van der Waals surface area contributed by atoms with Crippen molar-refractivity contribution in [2.45, 2.75) is 0 Å². The maximum atomic E-state index is 6.64. The first-order valence-electron chi connectivity index (χ1n) is 16.8. The van der Waals surface area contributed by atoms with E-state index in [1.807, 2.05) is 23.5 Å². The molecule has 4 heteroatoms. The van der Waals surface area contributed by atoms with E-state index in [-0.39, 0.29) is 0 Å². The molecular formula is C46H27NO2S. The second kappa shape index (κ2) is 10.6. The summed E-state index contributed by atoms with van der Waals surface area (Å²) in [6, 6.07) is 58.3. The predicted molar refractivity (Wildman–Crippen MR) is 212 cm³/mol. The molecule has 3 heterocycles. The molecule has 11 aromatic rings. The van der Waals surface area contributed by atoms with Gasteiger partial charge in [-0.25, -0.2) is 0 Å². The van der Waals surface area contributed by atoms with E-state index in [9.17, 15) is 0 Å². The van der Waals surface area contributed by atoms with Gasteiger partial charge in [0.2, 0.25) is 0 Å².